The first-order valence-electron chi connectivity index (χ1n) is 7.84. The Morgan fingerprint density at radius 1 is 1.12 bits per heavy atom. The molecule has 25 heavy (non-hydrogen) atoms. The lowest BCUT2D eigenvalue weighted by Gasteiger charge is -2.23. The minimum atomic E-state index is -3.94. The number of aromatic nitrogens is 1. The Kier molecular flexibility index (Phi) is 5.21. The van der Waals surface area contributed by atoms with E-state index in [4.69, 9.17) is 0 Å². The zero-order valence-corrected chi connectivity index (χ0v) is 16.6. The zero-order chi connectivity index (χ0) is 19.0. The maximum absolute atomic E-state index is 13.0. The molecule has 2 aromatic rings. The number of halogens is 1. The van der Waals surface area contributed by atoms with Crippen LogP contribution in [0.1, 0.15) is 45.3 Å². The van der Waals surface area contributed by atoms with Gasteiger partial charge < -0.3 is 0 Å². The van der Waals surface area contributed by atoms with Crippen molar-refractivity contribution in [1.82, 2.24) is 4.98 Å². The number of rotatable bonds is 5. The summed E-state index contributed by atoms with van der Waals surface area (Å²) in [5.41, 5.74) is 0.743. The summed E-state index contributed by atoms with van der Waals surface area (Å²) in [6.45, 7) is 8.84. The molecule has 0 aliphatic carbocycles. The van der Waals surface area contributed by atoms with E-state index in [0.29, 0.717) is 5.01 Å². The average Bonchev–Trinajstić information content (AvgIpc) is 2.96. The fourth-order valence-electron chi connectivity index (χ4n) is 2.15. The lowest BCUT2D eigenvalue weighted by molar-refractivity contribution is -0.120. The molecule has 1 aromatic heterocycles. The summed E-state index contributed by atoms with van der Waals surface area (Å²) >= 11 is 1.35. The number of hydrogen-bond acceptors (Lipinski definition) is 5. The normalized spacial score (nSPS) is 13.0. The Balaban J connectivity index is 2.27. The molecule has 4 nitrogen and oxygen atoms in total. The summed E-state index contributed by atoms with van der Waals surface area (Å²) in [5, 5.41) is 2.49. The van der Waals surface area contributed by atoms with Crippen LogP contribution in [0.5, 0.6) is 0 Å². The predicted octanol–water partition coefficient (Wildman–Crippen LogP) is 3.94. The van der Waals surface area contributed by atoms with E-state index in [1.807, 2.05) is 26.2 Å². The number of Topliss-reactive ketones (excluding diaryl/α,β-unsaturated/α-hetero) is 1. The van der Waals surface area contributed by atoms with Crippen molar-refractivity contribution in [2.45, 2.75) is 56.1 Å². The van der Waals surface area contributed by atoms with Gasteiger partial charge in [-0.25, -0.2) is 17.8 Å². The topological polar surface area (TPSA) is 64.1 Å². The molecule has 2 rings (SSSR count). The summed E-state index contributed by atoms with van der Waals surface area (Å²) < 4.78 is 37.0. The minimum absolute atomic E-state index is 0.0474. The Morgan fingerprint density at radius 2 is 1.68 bits per heavy atom. The summed E-state index contributed by atoms with van der Waals surface area (Å²) in [7, 11) is -3.94. The van der Waals surface area contributed by atoms with E-state index in [0.717, 1.165) is 17.8 Å². The van der Waals surface area contributed by atoms with Gasteiger partial charge in [0.05, 0.1) is 17.0 Å². The van der Waals surface area contributed by atoms with Gasteiger partial charge in [0.1, 0.15) is 15.6 Å². The van der Waals surface area contributed by atoms with E-state index in [2.05, 4.69) is 4.98 Å². The van der Waals surface area contributed by atoms with Crippen LogP contribution < -0.4 is 0 Å². The molecule has 1 aromatic carbocycles. The summed E-state index contributed by atoms with van der Waals surface area (Å²) in [4.78, 5) is 17.1. The maximum Gasteiger partial charge on any atom is 0.190 e. The van der Waals surface area contributed by atoms with Crippen LogP contribution in [0.25, 0.3) is 0 Å². The number of ketones is 1. The fourth-order valence-corrected chi connectivity index (χ4v) is 4.62. The molecule has 0 aliphatic heterocycles. The molecule has 0 radical (unpaired) electrons. The number of benzene rings is 1. The van der Waals surface area contributed by atoms with Crippen molar-refractivity contribution in [2.75, 3.05) is 0 Å². The van der Waals surface area contributed by atoms with Crippen molar-refractivity contribution in [3.05, 3.63) is 46.2 Å². The molecule has 0 bridgehead atoms. The zero-order valence-electron chi connectivity index (χ0n) is 15.0. The molecule has 7 heteroatoms. The van der Waals surface area contributed by atoms with Crippen LogP contribution in [-0.2, 0) is 26.5 Å². The van der Waals surface area contributed by atoms with Crippen molar-refractivity contribution in [2.24, 2.45) is 0 Å². The number of nitrogens with zero attached hydrogens (tertiary/aromatic N) is 1. The number of hydrogen-bond donors (Lipinski definition) is 0. The second-order valence-electron chi connectivity index (χ2n) is 7.44. The highest BCUT2D eigenvalue weighted by Crippen LogP contribution is 2.29. The fraction of sp³-hybridized carbons (Fsp3) is 0.444. The smallest absolute Gasteiger partial charge is 0.190 e. The largest absolute Gasteiger partial charge is 0.297 e. The van der Waals surface area contributed by atoms with Crippen molar-refractivity contribution in [3.8, 4) is 0 Å². The number of carbonyl (C=O) groups is 1. The highest BCUT2D eigenvalue weighted by molar-refractivity contribution is 7.93. The van der Waals surface area contributed by atoms with Crippen LogP contribution in [0.4, 0.5) is 4.39 Å². The third-order valence-electron chi connectivity index (χ3n) is 4.10. The molecule has 0 N–H and O–H groups in total. The molecule has 1 heterocycles. The first-order valence-corrected chi connectivity index (χ1v) is 10.2. The van der Waals surface area contributed by atoms with Gasteiger partial charge >= 0.3 is 0 Å². The van der Waals surface area contributed by atoms with E-state index in [1.165, 1.54) is 37.3 Å². The molecule has 0 saturated heterocycles. The predicted molar refractivity (Wildman–Crippen MR) is 97.2 cm³/mol. The van der Waals surface area contributed by atoms with Gasteiger partial charge in [-0.05, 0) is 38.1 Å². The SMILES string of the molecule is CC(C)(C)c1csc(CC(=O)C(C)(C)S(=O)(=O)c2ccc(F)cc2)n1. The first kappa shape index (κ1) is 19.7. The van der Waals surface area contributed by atoms with Gasteiger partial charge in [0, 0.05) is 10.8 Å². The molecule has 0 aliphatic rings. The molecule has 0 atom stereocenters. The van der Waals surface area contributed by atoms with Crippen LogP contribution in [0.2, 0.25) is 0 Å². The third-order valence-corrected chi connectivity index (χ3v) is 7.41. The number of carbonyl (C=O) groups excluding carboxylic acids is 1. The summed E-state index contributed by atoms with van der Waals surface area (Å²) in [6, 6.07) is 4.51. The minimum Gasteiger partial charge on any atom is -0.297 e. The van der Waals surface area contributed by atoms with Crippen molar-refractivity contribution >= 4 is 27.0 Å². The van der Waals surface area contributed by atoms with Gasteiger partial charge in [0.15, 0.2) is 15.6 Å². The van der Waals surface area contributed by atoms with E-state index in [1.54, 1.807) is 0 Å². The molecule has 0 amide bonds. The van der Waals surface area contributed by atoms with Gasteiger partial charge in [0.25, 0.3) is 0 Å². The van der Waals surface area contributed by atoms with E-state index < -0.39 is 26.2 Å². The highest BCUT2D eigenvalue weighted by atomic mass is 32.2. The summed E-state index contributed by atoms with van der Waals surface area (Å²) in [5.74, 6) is -0.966. The second kappa shape index (κ2) is 6.61. The van der Waals surface area contributed by atoms with Gasteiger partial charge in [0.2, 0.25) is 0 Å². The van der Waals surface area contributed by atoms with Crippen LogP contribution in [0.3, 0.4) is 0 Å². The molecular weight excluding hydrogens is 361 g/mol. The second-order valence-corrected chi connectivity index (χ2v) is 10.9. The molecule has 0 saturated carbocycles. The van der Waals surface area contributed by atoms with Crippen LogP contribution in [-0.4, -0.2) is 23.9 Å². The number of thiazole rings is 1. The standard InChI is InChI=1S/C18H22FNO3S2/c1-17(2,3)14-11-24-16(20-14)10-15(21)18(4,5)25(22,23)13-8-6-12(19)7-9-13/h6-9,11H,10H2,1-5H3. The third kappa shape index (κ3) is 3.98. The van der Waals surface area contributed by atoms with Crippen LogP contribution in [0.15, 0.2) is 34.5 Å². The maximum atomic E-state index is 13.0. The van der Waals surface area contributed by atoms with E-state index in [9.17, 15) is 17.6 Å². The van der Waals surface area contributed by atoms with E-state index in [-0.39, 0.29) is 16.7 Å². The Morgan fingerprint density at radius 3 is 2.16 bits per heavy atom. The molecule has 0 unspecified atom stereocenters. The quantitative estimate of drug-likeness (QED) is 0.734. The Hall–Kier alpha value is -1.60. The van der Waals surface area contributed by atoms with Gasteiger partial charge in [-0.15, -0.1) is 11.3 Å². The van der Waals surface area contributed by atoms with Crippen molar-refractivity contribution in [1.29, 1.82) is 0 Å². The van der Waals surface area contributed by atoms with Crippen LogP contribution in [0, 0.1) is 5.82 Å². The van der Waals surface area contributed by atoms with Crippen LogP contribution >= 0.6 is 11.3 Å². The first-order chi connectivity index (χ1) is 11.4. The molecule has 136 valence electrons. The van der Waals surface area contributed by atoms with Gasteiger partial charge in [-0.2, -0.15) is 0 Å². The molecular formula is C18H22FNO3S2. The molecule has 0 fully saturated rings. The summed E-state index contributed by atoms with van der Waals surface area (Å²) in [6.07, 6.45) is -0.0474. The van der Waals surface area contributed by atoms with E-state index >= 15 is 0 Å². The monoisotopic (exact) mass is 383 g/mol. The average molecular weight is 384 g/mol. The Labute approximate surface area is 152 Å². The highest BCUT2D eigenvalue weighted by Gasteiger charge is 2.42. The molecule has 0 spiro atoms. The van der Waals surface area contributed by atoms with Gasteiger partial charge in [-0.3, -0.25) is 4.79 Å². The van der Waals surface area contributed by atoms with Crippen molar-refractivity contribution in [3.63, 3.8) is 0 Å². The van der Waals surface area contributed by atoms with Crippen molar-refractivity contribution < 1.29 is 17.6 Å². The van der Waals surface area contributed by atoms with Gasteiger partial charge in [-0.1, -0.05) is 20.8 Å². The Bertz CT molecular complexity index is 876. The number of sulfone groups is 1. The lowest BCUT2D eigenvalue weighted by atomic mass is 9.93. The lowest BCUT2D eigenvalue weighted by Crippen LogP contribution is -2.41.